The van der Waals surface area contributed by atoms with Crippen LogP contribution in [0.1, 0.15) is 29.5 Å². The monoisotopic (exact) mass is 478 g/mol. The molecule has 1 amide bonds. The second-order valence-corrected chi connectivity index (χ2v) is 10.6. The van der Waals surface area contributed by atoms with Gasteiger partial charge in [-0.3, -0.25) is 4.79 Å². The van der Waals surface area contributed by atoms with Crippen LogP contribution in [0.2, 0.25) is 0 Å². The zero-order chi connectivity index (χ0) is 24.0. The number of aryl methyl sites for hydroxylation is 1. The van der Waals surface area contributed by atoms with Gasteiger partial charge in [0.25, 0.3) is 5.91 Å². The number of hydrogen-bond acceptors (Lipinski definition) is 4. The standard InChI is InChI=1S/C27H30N2O4S/c1-21-11-13-25(14-12-21)34(31,32)29-17-15-24(16-18-29)28-27(30)20-33-26-10-6-5-9-23(26)19-22-7-3-2-4-8-22/h2-14,24H,15-20H2,1H3,(H,28,30). The maximum atomic E-state index is 12.9. The number of carbonyl (C=O) groups is 1. The van der Waals surface area contributed by atoms with Gasteiger partial charge < -0.3 is 10.1 Å². The zero-order valence-electron chi connectivity index (χ0n) is 19.3. The number of carbonyl (C=O) groups excluding carboxylic acids is 1. The van der Waals surface area contributed by atoms with Crippen LogP contribution in [0.3, 0.4) is 0 Å². The van der Waals surface area contributed by atoms with Crippen molar-refractivity contribution in [3.63, 3.8) is 0 Å². The Balaban J connectivity index is 1.27. The largest absolute Gasteiger partial charge is 0.483 e. The fraction of sp³-hybridized carbons (Fsp3) is 0.296. The number of benzene rings is 3. The number of piperidine rings is 1. The molecule has 0 spiro atoms. The molecule has 0 atom stereocenters. The Morgan fingerprint density at radius 3 is 2.29 bits per heavy atom. The lowest BCUT2D eigenvalue weighted by Gasteiger charge is -2.31. The number of nitrogens with one attached hydrogen (secondary N) is 1. The van der Waals surface area contributed by atoms with Gasteiger partial charge in [-0.25, -0.2) is 8.42 Å². The van der Waals surface area contributed by atoms with Gasteiger partial charge in [0.15, 0.2) is 6.61 Å². The first-order chi connectivity index (χ1) is 16.4. The SMILES string of the molecule is Cc1ccc(S(=O)(=O)N2CCC(NC(=O)COc3ccccc3Cc3ccccc3)CC2)cc1. The van der Waals surface area contributed by atoms with Crippen LogP contribution in [0, 0.1) is 6.92 Å². The minimum Gasteiger partial charge on any atom is -0.483 e. The van der Waals surface area contributed by atoms with Gasteiger partial charge in [0.1, 0.15) is 5.75 Å². The highest BCUT2D eigenvalue weighted by atomic mass is 32.2. The molecule has 7 heteroatoms. The van der Waals surface area contributed by atoms with Crippen molar-refractivity contribution in [1.29, 1.82) is 0 Å². The van der Waals surface area contributed by atoms with Crippen molar-refractivity contribution in [1.82, 2.24) is 9.62 Å². The summed E-state index contributed by atoms with van der Waals surface area (Å²) in [6, 6.07) is 24.7. The summed E-state index contributed by atoms with van der Waals surface area (Å²) in [5.41, 5.74) is 3.22. The maximum Gasteiger partial charge on any atom is 0.258 e. The Hall–Kier alpha value is -3.16. The number of amides is 1. The molecule has 1 fully saturated rings. The number of para-hydroxylation sites is 1. The van der Waals surface area contributed by atoms with Gasteiger partial charge >= 0.3 is 0 Å². The van der Waals surface area contributed by atoms with Gasteiger partial charge in [0.05, 0.1) is 4.90 Å². The first kappa shape index (κ1) is 24.0. The molecular formula is C27H30N2O4S. The highest BCUT2D eigenvalue weighted by Gasteiger charge is 2.29. The van der Waals surface area contributed by atoms with E-state index in [2.05, 4.69) is 17.4 Å². The van der Waals surface area contributed by atoms with E-state index >= 15 is 0 Å². The van der Waals surface area contributed by atoms with Crippen molar-refractivity contribution in [3.05, 3.63) is 95.6 Å². The highest BCUT2D eigenvalue weighted by molar-refractivity contribution is 7.89. The summed E-state index contributed by atoms with van der Waals surface area (Å²) in [5, 5.41) is 2.99. The molecule has 0 saturated carbocycles. The molecule has 6 nitrogen and oxygen atoms in total. The van der Waals surface area contributed by atoms with Gasteiger partial charge in [-0.05, 0) is 49.1 Å². The number of hydrogen-bond donors (Lipinski definition) is 1. The molecule has 1 aliphatic rings. The van der Waals surface area contributed by atoms with E-state index in [4.69, 9.17) is 4.74 Å². The van der Waals surface area contributed by atoms with E-state index in [9.17, 15) is 13.2 Å². The Bertz CT molecular complexity index is 1200. The smallest absolute Gasteiger partial charge is 0.258 e. The van der Waals surface area contributed by atoms with Crippen LogP contribution in [0.5, 0.6) is 5.75 Å². The number of rotatable bonds is 8. The van der Waals surface area contributed by atoms with Crippen LogP contribution in [-0.4, -0.2) is 44.4 Å². The quantitative estimate of drug-likeness (QED) is 0.532. The van der Waals surface area contributed by atoms with Crippen LogP contribution < -0.4 is 10.1 Å². The molecule has 178 valence electrons. The molecule has 3 aromatic carbocycles. The minimum atomic E-state index is -3.51. The number of sulfonamides is 1. The molecule has 0 aromatic heterocycles. The van der Waals surface area contributed by atoms with Crippen molar-refractivity contribution in [3.8, 4) is 5.75 Å². The van der Waals surface area contributed by atoms with E-state index in [1.807, 2.05) is 49.4 Å². The normalized spacial score (nSPS) is 15.1. The van der Waals surface area contributed by atoms with Crippen molar-refractivity contribution in [2.45, 2.75) is 37.1 Å². The predicted octanol–water partition coefficient (Wildman–Crippen LogP) is 3.93. The third-order valence-corrected chi connectivity index (χ3v) is 7.96. The zero-order valence-corrected chi connectivity index (χ0v) is 20.1. The third kappa shape index (κ3) is 6.04. The summed E-state index contributed by atoms with van der Waals surface area (Å²) in [4.78, 5) is 12.8. The lowest BCUT2D eigenvalue weighted by molar-refractivity contribution is -0.124. The van der Waals surface area contributed by atoms with Crippen molar-refractivity contribution in [2.75, 3.05) is 19.7 Å². The Morgan fingerprint density at radius 1 is 0.941 bits per heavy atom. The van der Waals surface area contributed by atoms with Crippen molar-refractivity contribution in [2.24, 2.45) is 0 Å². The fourth-order valence-corrected chi connectivity index (χ4v) is 5.59. The molecular weight excluding hydrogens is 448 g/mol. The first-order valence-electron chi connectivity index (χ1n) is 11.5. The van der Waals surface area contributed by atoms with Crippen LogP contribution in [0.25, 0.3) is 0 Å². The number of ether oxygens (including phenoxy) is 1. The van der Waals surface area contributed by atoms with Crippen molar-refractivity contribution >= 4 is 15.9 Å². The Labute approximate surface area is 201 Å². The van der Waals surface area contributed by atoms with Crippen LogP contribution in [-0.2, 0) is 21.2 Å². The van der Waals surface area contributed by atoms with E-state index in [0.717, 1.165) is 17.5 Å². The minimum absolute atomic E-state index is 0.0693. The predicted molar refractivity (Wildman–Crippen MR) is 132 cm³/mol. The van der Waals surface area contributed by atoms with Gasteiger partial charge in [0, 0.05) is 25.6 Å². The number of nitrogens with zero attached hydrogens (tertiary/aromatic N) is 1. The van der Waals surface area contributed by atoms with E-state index in [1.165, 1.54) is 9.87 Å². The van der Waals surface area contributed by atoms with E-state index in [-0.39, 0.29) is 18.6 Å². The van der Waals surface area contributed by atoms with E-state index in [0.29, 0.717) is 36.6 Å². The van der Waals surface area contributed by atoms with Gasteiger partial charge in [-0.15, -0.1) is 0 Å². The molecule has 1 aliphatic heterocycles. The second kappa shape index (κ2) is 10.8. The van der Waals surface area contributed by atoms with Gasteiger partial charge in [-0.1, -0.05) is 66.2 Å². The summed E-state index contributed by atoms with van der Waals surface area (Å²) in [7, 11) is -3.51. The summed E-state index contributed by atoms with van der Waals surface area (Å²) in [5.74, 6) is 0.495. The summed E-state index contributed by atoms with van der Waals surface area (Å²) in [6.45, 7) is 2.60. The highest BCUT2D eigenvalue weighted by Crippen LogP contribution is 2.23. The molecule has 0 aliphatic carbocycles. The molecule has 1 N–H and O–H groups in total. The third-order valence-electron chi connectivity index (χ3n) is 6.05. The van der Waals surface area contributed by atoms with Gasteiger partial charge in [-0.2, -0.15) is 4.31 Å². The average Bonchev–Trinajstić information content (AvgIpc) is 2.85. The lowest BCUT2D eigenvalue weighted by Crippen LogP contribution is -2.47. The van der Waals surface area contributed by atoms with E-state index in [1.54, 1.807) is 24.3 Å². The van der Waals surface area contributed by atoms with Crippen molar-refractivity contribution < 1.29 is 17.9 Å². The molecule has 0 unspecified atom stereocenters. The maximum absolute atomic E-state index is 12.9. The van der Waals surface area contributed by atoms with Crippen LogP contribution in [0.4, 0.5) is 0 Å². The van der Waals surface area contributed by atoms with Crippen LogP contribution >= 0.6 is 0 Å². The summed E-state index contributed by atoms with van der Waals surface area (Å²) in [6.07, 6.45) is 1.87. The topological polar surface area (TPSA) is 75.7 Å². The summed E-state index contributed by atoms with van der Waals surface area (Å²) < 4.78 is 33.1. The molecule has 0 radical (unpaired) electrons. The Kier molecular flexibility index (Phi) is 7.65. The Morgan fingerprint density at radius 2 is 1.59 bits per heavy atom. The lowest BCUT2D eigenvalue weighted by atomic mass is 10.0. The molecule has 0 bridgehead atoms. The molecule has 3 aromatic rings. The molecule has 1 saturated heterocycles. The van der Waals surface area contributed by atoms with E-state index < -0.39 is 10.0 Å². The second-order valence-electron chi connectivity index (χ2n) is 8.62. The van der Waals surface area contributed by atoms with Crippen LogP contribution in [0.15, 0.2) is 83.8 Å². The summed E-state index contributed by atoms with van der Waals surface area (Å²) >= 11 is 0. The fourth-order valence-electron chi connectivity index (χ4n) is 4.12. The molecule has 1 heterocycles. The first-order valence-corrected chi connectivity index (χ1v) is 13.0. The molecule has 4 rings (SSSR count). The average molecular weight is 479 g/mol. The van der Waals surface area contributed by atoms with Gasteiger partial charge in [0.2, 0.25) is 10.0 Å². The molecule has 34 heavy (non-hydrogen) atoms.